The van der Waals surface area contributed by atoms with Gasteiger partial charge in [-0.25, -0.2) is 9.78 Å². The molecule has 2 aromatic heterocycles. The fourth-order valence-electron chi connectivity index (χ4n) is 1.91. The van der Waals surface area contributed by atoms with Gasteiger partial charge in [0.1, 0.15) is 5.69 Å². The van der Waals surface area contributed by atoms with Gasteiger partial charge in [-0.05, 0) is 36.6 Å². The van der Waals surface area contributed by atoms with Crippen LogP contribution >= 0.6 is 11.3 Å². The van der Waals surface area contributed by atoms with Gasteiger partial charge in [0.25, 0.3) is 5.91 Å². The molecule has 1 amide bonds. The van der Waals surface area contributed by atoms with Gasteiger partial charge in [0, 0.05) is 17.6 Å². The fourth-order valence-corrected chi connectivity index (χ4v) is 2.94. The minimum absolute atomic E-state index is 0.00783. The number of nitrogens with zero attached hydrogens (tertiary/aromatic N) is 1. The lowest BCUT2D eigenvalue weighted by Gasteiger charge is -2.03. The van der Waals surface area contributed by atoms with Gasteiger partial charge in [0.2, 0.25) is 0 Å². The van der Waals surface area contributed by atoms with E-state index in [-0.39, 0.29) is 11.6 Å². The summed E-state index contributed by atoms with van der Waals surface area (Å²) < 4.78 is 0. The van der Waals surface area contributed by atoms with Gasteiger partial charge in [0.15, 0.2) is 0 Å². The first kappa shape index (κ1) is 15.2. The van der Waals surface area contributed by atoms with Crippen molar-refractivity contribution >= 4 is 23.2 Å². The maximum absolute atomic E-state index is 12.1. The Morgan fingerprint density at radius 2 is 2.14 bits per heavy atom. The van der Waals surface area contributed by atoms with Gasteiger partial charge in [-0.15, -0.1) is 11.3 Å². The third-order valence-electron chi connectivity index (χ3n) is 3.06. The van der Waals surface area contributed by atoms with Gasteiger partial charge in [-0.1, -0.05) is 13.0 Å². The Morgan fingerprint density at radius 3 is 2.67 bits per heavy atom. The summed E-state index contributed by atoms with van der Waals surface area (Å²) in [6.07, 6.45) is 2.38. The first-order valence-corrected chi connectivity index (χ1v) is 7.38. The van der Waals surface area contributed by atoms with Crippen LogP contribution in [-0.4, -0.2) is 22.0 Å². The van der Waals surface area contributed by atoms with Crippen LogP contribution in [0.4, 0.5) is 0 Å². The maximum atomic E-state index is 12.1. The number of carboxylic acids is 1. The minimum Gasteiger partial charge on any atom is -0.477 e. The van der Waals surface area contributed by atoms with Crippen molar-refractivity contribution in [1.82, 2.24) is 10.3 Å². The molecule has 2 aromatic rings. The summed E-state index contributed by atoms with van der Waals surface area (Å²) in [5.41, 5.74) is 1.89. The third-order valence-corrected chi connectivity index (χ3v) is 4.44. The number of pyridine rings is 1. The van der Waals surface area contributed by atoms with E-state index >= 15 is 0 Å². The van der Waals surface area contributed by atoms with Crippen LogP contribution in [-0.2, 0) is 13.0 Å². The van der Waals surface area contributed by atoms with Gasteiger partial charge in [-0.2, -0.15) is 0 Å². The number of carboxylic acid groups (broad SMARTS) is 1. The summed E-state index contributed by atoms with van der Waals surface area (Å²) in [4.78, 5) is 28.5. The number of amides is 1. The molecule has 0 aromatic carbocycles. The molecule has 6 heteroatoms. The predicted molar refractivity (Wildman–Crippen MR) is 80.8 cm³/mol. The van der Waals surface area contributed by atoms with Crippen molar-refractivity contribution in [3.63, 3.8) is 0 Å². The summed E-state index contributed by atoms with van der Waals surface area (Å²) >= 11 is 1.50. The lowest BCUT2D eigenvalue weighted by Crippen LogP contribution is -2.22. The molecule has 2 rings (SSSR count). The summed E-state index contributed by atoms with van der Waals surface area (Å²) in [6, 6.07) is 4.97. The number of hydrogen-bond donors (Lipinski definition) is 2. The second kappa shape index (κ2) is 6.49. The molecule has 0 aliphatic rings. The molecule has 21 heavy (non-hydrogen) atoms. The second-order valence-corrected chi connectivity index (χ2v) is 5.75. The SMILES string of the molecule is CCc1sc(C(=O)NCc2ccc(C(=O)O)nc2)cc1C. The molecule has 0 aliphatic heterocycles. The van der Waals surface area contributed by atoms with Crippen molar-refractivity contribution in [2.75, 3.05) is 0 Å². The second-order valence-electron chi connectivity index (χ2n) is 4.61. The molecule has 0 unspecified atom stereocenters. The predicted octanol–water partition coefficient (Wildman–Crippen LogP) is 2.64. The minimum atomic E-state index is -1.06. The Bertz CT molecular complexity index is 662. The van der Waals surface area contributed by atoms with Crippen LogP contribution in [0.3, 0.4) is 0 Å². The molecule has 0 spiro atoms. The first-order valence-electron chi connectivity index (χ1n) is 6.57. The molecule has 0 saturated carbocycles. The van der Waals surface area contributed by atoms with E-state index in [4.69, 9.17) is 5.11 Å². The normalized spacial score (nSPS) is 10.4. The van der Waals surface area contributed by atoms with Crippen molar-refractivity contribution in [3.05, 3.63) is 51.0 Å². The van der Waals surface area contributed by atoms with E-state index in [2.05, 4.69) is 17.2 Å². The molecule has 0 radical (unpaired) electrons. The van der Waals surface area contributed by atoms with E-state index in [9.17, 15) is 9.59 Å². The van der Waals surface area contributed by atoms with Crippen LogP contribution in [0.2, 0.25) is 0 Å². The standard InChI is InChI=1S/C15H16N2O3S/c1-3-12-9(2)6-13(21-12)14(18)17-8-10-4-5-11(15(19)20)16-7-10/h4-7H,3,8H2,1-2H3,(H,17,18)(H,19,20). The van der Waals surface area contributed by atoms with Crippen molar-refractivity contribution in [2.45, 2.75) is 26.8 Å². The van der Waals surface area contributed by atoms with Crippen LogP contribution in [0.15, 0.2) is 24.4 Å². The molecular weight excluding hydrogens is 288 g/mol. The van der Waals surface area contributed by atoms with Crippen molar-refractivity contribution in [1.29, 1.82) is 0 Å². The van der Waals surface area contributed by atoms with Crippen LogP contribution in [0.1, 0.15) is 43.1 Å². The monoisotopic (exact) mass is 304 g/mol. The zero-order chi connectivity index (χ0) is 15.4. The lowest BCUT2D eigenvalue weighted by atomic mass is 10.2. The number of aryl methyl sites for hydroxylation is 2. The lowest BCUT2D eigenvalue weighted by molar-refractivity contribution is 0.0690. The summed E-state index contributed by atoms with van der Waals surface area (Å²) in [5, 5.41) is 11.6. The number of thiophene rings is 1. The van der Waals surface area contributed by atoms with Crippen LogP contribution in [0, 0.1) is 6.92 Å². The molecule has 0 aliphatic carbocycles. The van der Waals surface area contributed by atoms with Crippen LogP contribution in [0.5, 0.6) is 0 Å². The largest absolute Gasteiger partial charge is 0.477 e. The maximum Gasteiger partial charge on any atom is 0.354 e. The summed E-state index contributed by atoms with van der Waals surface area (Å²) in [7, 11) is 0. The highest BCUT2D eigenvalue weighted by Crippen LogP contribution is 2.22. The zero-order valence-electron chi connectivity index (χ0n) is 11.8. The smallest absolute Gasteiger partial charge is 0.354 e. The van der Waals surface area contributed by atoms with Crippen molar-refractivity contribution in [2.24, 2.45) is 0 Å². The average molecular weight is 304 g/mol. The molecule has 2 N–H and O–H groups in total. The number of aromatic carboxylic acids is 1. The molecule has 0 fully saturated rings. The number of aromatic nitrogens is 1. The zero-order valence-corrected chi connectivity index (χ0v) is 12.7. The van der Waals surface area contributed by atoms with Crippen LogP contribution < -0.4 is 5.32 Å². The first-order chi connectivity index (χ1) is 10.0. The van der Waals surface area contributed by atoms with E-state index in [0.717, 1.165) is 17.5 Å². The quantitative estimate of drug-likeness (QED) is 0.890. The highest BCUT2D eigenvalue weighted by Gasteiger charge is 2.11. The molecule has 0 bridgehead atoms. The molecule has 110 valence electrons. The molecule has 0 atom stereocenters. The topological polar surface area (TPSA) is 79.3 Å². The molecule has 2 heterocycles. The number of nitrogens with one attached hydrogen (secondary N) is 1. The van der Waals surface area contributed by atoms with E-state index in [1.807, 2.05) is 13.0 Å². The summed E-state index contributed by atoms with van der Waals surface area (Å²) in [5.74, 6) is -1.18. The van der Waals surface area contributed by atoms with Gasteiger partial charge in [0.05, 0.1) is 4.88 Å². The molecule has 0 saturated heterocycles. The van der Waals surface area contributed by atoms with E-state index in [1.54, 1.807) is 6.07 Å². The highest BCUT2D eigenvalue weighted by molar-refractivity contribution is 7.14. The number of hydrogen-bond acceptors (Lipinski definition) is 4. The Hall–Kier alpha value is -2.21. The molecule has 5 nitrogen and oxygen atoms in total. The Morgan fingerprint density at radius 1 is 1.38 bits per heavy atom. The number of rotatable bonds is 5. The van der Waals surface area contributed by atoms with Crippen LogP contribution in [0.25, 0.3) is 0 Å². The Balaban J connectivity index is 1.98. The third kappa shape index (κ3) is 3.66. The van der Waals surface area contributed by atoms with Crippen molar-refractivity contribution in [3.8, 4) is 0 Å². The van der Waals surface area contributed by atoms with Gasteiger partial charge >= 0.3 is 5.97 Å². The number of carbonyl (C=O) groups is 2. The van der Waals surface area contributed by atoms with E-state index in [0.29, 0.717) is 11.4 Å². The number of carbonyl (C=O) groups excluding carboxylic acids is 1. The van der Waals surface area contributed by atoms with Gasteiger partial charge in [-0.3, -0.25) is 4.79 Å². The fraction of sp³-hybridized carbons (Fsp3) is 0.267. The van der Waals surface area contributed by atoms with E-state index < -0.39 is 5.97 Å². The van der Waals surface area contributed by atoms with E-state index in [1.165, 1.54) is 28.5 Å². The summed E-state index contributed by atoms with van der Waals surface area (Å²) in [6.45, 7) is 4.39. The van der Waals surface area contributed by atoms with Gasteiger partial charge < -0.3 is 10.4 Å². The Kier molecular flexibility index (Phi) is 4.70. The average Bonchev–Trinajstić information content (AvgIpc) is 2.86. The highest BCUT2D eigenvalue weighted by atomic mass is 32.1. The molecular formula is C15H16N2O3S. The Labute approximate surface area is 126 Å². The van der Waals surface area contributed by atoms with Crippen molar-refractivity contribution < 1.29 is 14.7 Å².